The van der Waals surface area contributed by atoms with Gasteiger partial charge in [-0.05, 0) is 18.8 Å². The van der Waals surface area contributed by atoms with Crippen LogP contribution in [0.1, 0.15) is 38.5 Å². The van der Waals surface area contributed by atoms with Crippen molar-refractivity contribution in [3.8, 4) is 0 Å². The predicted molar refractivity (Wildman–Crippen MR) is 82.8 cm³/mol. The molecular weight excluding hydrogens is 266 g/mol. The Kier molecular flexibility index (Phi) is 6.23. The molecule has 1 aliphatic heterocycles. The number of carbonyl (C=O) groups excluding carboxylic acids is 2. The third-order valence-corrected chi connectivity index (χ3v) is 4.43. The highest BCUT2D eigenvalue weighted by Gasteiger charge is 2.29. The summed E-state index contributed by atoms with van der Waals surface area (Å²) in [5.41, 5.74) is 0. The van der Waals surface area contributed by atoms with E-state index in [1.165, 1.54) is 32.1 Å². The van der Waals surface area contributed by atoms with Crippen LogP contribution in [-0.4, -0.2) is 48.9 Å². The molecule has 5 heteroatoms. The summed E-state index contributed by atoms with van der Waals surface area (Å²) in [5, 5.41) is 6.14. The number of piperazine rings is 1. The maximum atomic E-state index is 12.2. The van der Waals surface area contributed by atoms with Crippen LogP contribution >= 0.6 is 0 Å². The van der Waals surface area contributed by atoms with Gasteiger partial charge in [-0.2, -0.15) is 0 Å². The fourth-order valence-corrected chi connectivity index (χ4v) is 3.20. The fraction of sp³-hybridized carbons (Fsp3) is 0.750. The molecule has 118 valence electrons. The van der Waals surface area contributed by atoms with Crippen molar-refractivity contribution in [3.63, 3.8) is 0 Å². The zero-order valence-corrected chi connectivity index (χ0v) is 12.8. The molecule has 0 radical (unpaired) electrons. The highest BCUT2D eigenvalue weighted by Crippen LogP contribution is 2.22. The van der Waals surface area contributed by atoms with Gasteiger partial charge in [-0.25, -0.2) is 0 Å². The Morgan fingerprint density at radius 3 is 2.86 bits per heavy atom. The average Bonchev–Trinajstić information content (AvgIpc) is 2.50. The van der Waals surface area contributed by atoms with E-state index in [9.17, 15) is 9.59 Å². The number of amides is 2. The van der Waals surface area contributed by atoms with Gasteiger partial charge >= 0.3 is 0 Å². The largest absolute Gasteiger partial charge is 0.356 e. The molecular formula is C16H27N3O2. The van der Waals surface area contributed by atoms with Gasteiger partial charge < -0.3 is 15.5 Å². The number of hydrogen-bond acceptors (Lipinski definition) is 3. The molecule has 1 aliphatic carbocycles. The minimum Gasteiger partial charge on any atom is -0.356 e. The second kappa shape index (κ2) is 8.17. The molecule has 2 N–H and O–H groups in total. The van der Waals surface area contributed by atoms with Gasteiger partial charge in [-0.15, -0.1) is 6.58 Å². The van der Waals surface area contributed by atoms with Crippen LogP contribution < -0.4 is 10.6 Å². The smallest absolute Gasteiger partial charge is 0.240 e. The summed E-state index contributed by atoms with van der Waals surface area (Å²) in [6.07, 6.45) is 8.27. The molecule has 0 bridgehead atoms. The molecule has 2 rings (SSSR count). The second-order valence-corrected chi connectivity index (χ2v) is 6.09. The van der Waals surface area contributed by atoms with Crippen molar-refractivity contribution in [2.75, 3.05) is 26.2 Å². The van der Waals surface area contributed by atoms with E-state index < -0.39 is 0 Å². The van der Waals surface area contributed by atoms with Crippen LogP contribution in [0.25, 0.3) is 0 Å². The summed E-state index contributed by atoms with van der Waals surface area (Å²) in [4.78, 5) is 26.0. The molecule has 2 fully saturated rings. The highest BCUT2D eigenvalue weighted by molar-refractivity contribution is 5.89. The van der Waals surface area contributed by atoms with Crippen molar-refractivity contribution in [3.05, 3.63) is 12.7 Å². The molecule has 0 aromatic heterocycles. The van der Waals surface area contributed by atoms with Gasteiger partial charge in [-0.1, -0.05) is 25.3 Å². The van der Waals surface area contributed by atoms with E-state index in [-0.39, 0.29) is 24.3 Å². The molecule has 2 amide bonds. The van der Waals surface area contributed by atoms with E-state index in [4.69, 9.17) is 0 Å². The SMILES string of the molecule is C=CCN1CCNC(CC(=O)NCC2CCCCC2)C1=O. The molecule has 0 aromatic rings. The van der Waals surface area contributed by atoms with Gasteiger partial charge in [0, 0.05) is 26.2 Å². The van der Waals surface area contributed by atoms with E-state index in [1.54, 1.807) is 11.0 Å². The van der Waals surface area contributed by atoms with Crippen LogP contribution in [0, 0.1) is 5.92 Å². The van der Waals surface area contributed by atoms with E-state index >= 15 is 0 Å². The van der Waals surface area contributed by atoms with E-state index in [2.05, 4.69) is 17.2 Å². The van der Waals surface area contributed by atoms with Gasteiger partial charge in [0.05, 0.1) is 12.5 Å². The zero-order chi connectivity index (χ0) is 15.1. The zero-order valence-electron chi connectivity index (χ0n) is 12.8. The Balaban J connectivity index is 1.73. The summed E-state index contributed by atoms with van der Waals surface area (Å²) in [7, 11) is 0. The van der Waals surface area contributed by atoms with Gasteiger partial charge in [-0.3, -0.25) is 9.59 Å². The Morgan fingerprint density at radius 1 is 1.38 bits per heavy atom. The predicted octanol–water partition coefficient (Wildman–Crippen LogP) is 1.06. The lowest BCUT2D eigenvalue weighted by Gasteiger charge is -2.32. The summed E-state index contributed by atoms with van der Waals surface area (Å²) in [6, 6.07) is -0.384. The molecule has 1 unspecified atom stereocenters. The molecule has 1 heterocycles. The van der Waals surface area contributed by atoms with E-state index in [0.29, 0.717) is 19.0 Å². The molecule has 0 spiro atoms. The summed E-state index contributed by atoms with van der Waals surface area (Å²) < 4.78 is 0. The van der Waals surface area contributed by atoms with Crippen molar-refractivity contribution >= 4 is 11.8 Å². The van der Waals surface area contributed by atoms with Crippen molar-refractivity contribution < 1.29 is 9.59 Å². The molecule has 21 heavy (non-hydrogen) atoms. The van der Waals surface area contributed by atoms with Crippen LogP contribution in [-0.2, 0) is 9.59 Å². The van der Waals surface area contributed by atoms with Gasteiger partial charge in [0.15, 0.2) is 0 Å². The Hall–Kier alpha value is -1.36. The quantitative estimate of drug-likeness (QED) is 0.720. The topological polar surface area (TPSA) is 61.4 Å². The fourth-order valence-electron chi connectivity index (χ4n) is 3.20. The maximum absolute atomic E-state index is 12.2. The first kappa shape index (κ1) is 16.0. The van der Waals surface area contributed by atoms with Crippen LogP contribution in [0.15, 0.2) is 12.7 Å². The molecule has 2 aliphatic rings. The lowest BCUT2D eigenvalue weighted by molar-refractivity contribution is -0.137. The first-order valence-corrected chi connectivity index (χ1v) is 8.10. The third-order valence-electron chi connectivity index (χ3n) is 4.43. The molecule has 1 saturated heterocycles. The van der Waals surface area contributed by atoms with Crippen molar-refractivity contribution in [1.82, 2.24) is 15.5 Å². The molecule has 1 saturated carbocycles. The molecule has 5 nitrogen and oxygen atoms in total. The standard InChI is InChI=1S/C16H27N3O2/c1-2-9-19-10-8-17-14(16(19)21)11-15(20)18-12-13-6-4-3-5-7-13/h2,13-14,17H,1,3-12H2,(H,18,20). The van der Waals surface area contributed by atoms with Crippen molar-refractivity contribution in [2.24, 2.45) is 5.92 Å². The number of rotatable bonds is 6. The Labute approximate surface area is 127 Å². The number of hydrogen-bond donors (Lipinski definition) is 2. The van der Waals surface area contributed by atoms with Crippen LogP contribution in [0.4, 0.5) is 0 Å². The number of nitrogens with one attached hydrogen (secondary N) is 2. The van der Waals surface area contributed by atoms with Crippen molar-refractivity contribution in [1.29, 1.82) is 0 Å². The van der Waals surface area contributed by atoms with Gasteiger partial charge in [0.1, 0.15) is 0 Å². The minimum absolute atomic E-state index is 0.00830. The Morgan fingerprint density at radius 2 is 2.14 bits per heavy atom. The van der Waals surface area contributed by atoms with Crippen molar-refractivity contribution in [2.45, 2.75) is 44.6 Å². The Bertz CT molecular complexity index is 378. The normalized spacial score (nSPS) is 23.9. The van der Waals surface area contributed by atoms with Gasteiger partial charge in [0.2, 0.25) is 11.8 Å². The van der Waals surface area contributed by atoms with Crippen LogP contribution in [0.2, 0.25) is 0 Å². The summed E-state index contributed by atoms with van der Waals surface area (Å²) >= 11 is 0. The third kappa shape index (κ3) is 4.84. The summed E-state index contributed by atoms with van der Waals surface area (Å²) in [5.74, 6) is 0.607. The minimum atomic E-state index is -0.384. The first-order chi connectivity index (χ1) is 10.2. The van der Waals surface area contributed by atoms with Crippen LogP contribution in [0.3, 0.4) is 0 Å². The number of nitrogens with zero attached hydrogens (tertiary/aromatic N) is 1. The first-order valence-electron chi connectivity index (χ1n) is 8.10. The van der Waals surface area contributed by atoms with Gasteiger partial charge in [0.25, 0.3) is 0 Å². The summed E-state index contributed by atoms with van der Waals surface area (Å²) in [6.45, 7) is 6.40. The lowest BCUT2D eigenvalue weighted by atomic mass is 9.89. The number of carbonyl (C=O) groups is 2. The lowest BCUT2D eigenvalue weighted by Crippen LogP contribution is -2.56. The van der Waals surface area contributed by atoms with E-state index in [0.717, 1.165) is 13.1 Å². The maximum Gasteiger partial charge on any atom is 0.240 e. The van der Waals surface area contributed by atoms with Crippen LogP contribution in [0.5, 0.6) is 0 Å². The average molecular weight is 293 g/mol. The highest BCUT2D eigenvalue weighted by atomic mass is 16.2. The molecule has 1 atom stereocenters. The van der Waals surface area contributed by atoms with E-state index in [1.807, 2.05) is 0 Å². The second-order valence-electron chi connectivity index (χ2n) is 6.09. The monoisotopic (exact) mass is 293 g/mol. The molecule has 0 aromatic carbocycles.